The lowest BCUT2D eigenvalue weighted by molar-refractivity contribution is -0.144. The van der Waals surface area contributed by atoms with E-state index in [0.717, 1.165) is 44.5 Å². The molecular formula is C21H32N4O2. The first kappa shape index (κ1) is 19.8. The molecule has 1 aromatic rings. The van der Waals surface area contributed by atoms with Gasteiger partial charge in [-0.15, -0.1) is 0 Å². The third-order valence-electron chi connectivity index (χ3n) is 6.12. The van der Waals surface area contributed by atoms with Crippen LogP contribution in [0.15, 0.2) is 24.5 Å². The fourth-order valence-electron chi connectivity index (χ4n) is 4.21. The summed E-state index contributed by atoms with van der Waals surface area (Å²) in [5, 5.41) is 0. The molecule has 1 spiro atoms. The number of carbonyl (C=O) groups excluding carboxylic acids is 2. The lowest BCUT2D eigenvalue weighted by atomic mass is 9.73. The van der Waals surface area contributed by atoms with Crippen molar-refractivity contribution in [2.45, 2.75) is 52.1 Å². The van der Waals surface area contributed by atoms with Crippen LogP contribution in [0.4, 0.5) is 0 Å². The minimum atomic E-state index is 0.0421. The summed E-state index contributed by atoms with van der Waals surface area (Å²) in [6, 6.07) is 4.28. The fraction of sp³-hybridized carbons (Fsp3) is 0.667. The predicted molar refractivity (Wildman–Crippen MR) is 105 cm³/mol. The lowest BCUT2D eigenvalue weighted by Gasteiger charge is -2.48. The SMILES string of the molecule is CC(C)N(C)CC(=O)N1CCC[C@@]2(CCC(=O)N(Cc3cccnc3)C2)C1. The van der Waals surface area contributed by atoms with Crippen LogP contribution in [0, 0.1) is 5.41 Å². The number of likely N-dealkylation sites (N-methyl/N-ethyl adjacent to an activating group) is 1. The van der Waals surface area contributed by atoms with Crippen molar-refractivity contribution in [2.75, 3.05) is 33.2 Å². The van der Waals surface area contributed by atoms with Gasteiger partial charge in [-0.25, -0.2) is 0 Å². The molecule has 6 heteroatoms. The van der Waals surface area contributed by atoms with Crippen molar-refractivity contribution in [3.05, 3.63) is 30.1 Å². The van der Waals surface area contributed by atoms with Gasteiger partial charge in [0.2, 0.25) is 11.8 Å². The molecule has 2 amide bonds. The Morgan fingerprint density at radius 2 is 2.15 bits per heavy atom. The van der Waals surface area contributed by atoms with E-state index in [2.05, 4.69) is 23.7 Å². The van der Waals surface area contributed by atoms with Gasteiger partial charge in [0.1, 0.15) is 0 Å². The quantitative estimate of drug-likeness (QED) is 0.795. The van der Waals surface area contributed by atoms with Crippen molar-refractivity contribution in [1.29, 1.82) is 0 Å². The van der Waals surface area contributed by atoms with E-state index in [-0.39, 0.29) is 17.2 Å². The van der Waals surface area contributed by atoms with E-state index in [0.29, 0.717) is 25.6 Å². The van der Waals surface area contributed by atoms with Crippen LogP contribution in [-0.2, 0) is 16.1 Å². The second kappa shape index (κ2) is 8.38. The first-order valence-electron chi connectivity index (χ1n) is 10.0. The molecule has 0 N–H and O–H groups in total. The first-order valence-corrected chi connectivity index (χ1v) is 10.0. The van der Waals surface area contributed by atoms with Crippen molar-refractivity contribution < 1.29 is 9.59 Å². The number of amides is 2. The van der Waals surface area contributed by atoms with Gasteiger partial charge < -0.3 is 9.80 Å². The van der Waals surface area contributed by atoms with Crippen LogP contribution in [0.5, 0.6) is 0 Å². The molecule has 0 aliphatic carbocycles. The molecule has 27 heavy (non-hydrogen) atoms. The zero-order valence-electron chi connectivity index (χ0n) is 16.9. The molecule has 0 bridgehead atoms. The van der Waals surface area contributed by atoms with E-state index in [4.69, 9.17) is 0 Å². The first-order chi connectivity index (χ1) is 12.9. The number of hydrogen-bond donors (Lipinski definition) is 0. The molecule has 3 rings (SSSR count). The van der Waals surface area contributed by atoms with Gasteiger partial charge in [-0.3, -0.25) is 19.5 Å². The highest BCUT2D eigenvalue weighted by Gasteiger charge is 2.42. The third kappa shape index (κ3) is 4.86. The van der Waals surface area contributed by atoms with Crippen molar-refractivity contribution in [2.24, 2.45) is 5.41 Å². The molecule has 2 fully saturated rings. The highest BCUT2D eigenvalue weighted by Crippen LogP contribution is 2.39. The summed E-state index contributed by atoms with van der Waals surface area (Å²) in [6.45, 7) is 7.63. The predicted octanol–water partition coefficient (Wildman–Crippen LogP) is 2.15. The molecule has 0 aromatic carbocycles. The zero-order valence-corrected chi connectivity index (χ0v) is 16.9. The molecule has 2 aliphatic rings. The summed E-state index contributed by atoms with van der Waals surface area (Å²) in [5.41, 5.74) is 1.10. The summed E-state index contributed by atoms with van der Waals surface area (Å²) in [6.07, 6.45) is 7.15. The largest absolute Gasteiger partial charge is 0.341 e. The monoisotopic (exact) mass is 372 g/mol. The molecule has 0 unspecified atom stereocenters. The van der Waals surface area contributed by atoms with Gasteiger partial charge in [0, 0.05) is 56.5 Å². The highest BCUT2D eigenvalue weighted by atomic mass is 16.2. The van der Waals surface area contributed by atoms with Crippen LogP contribution in [0.1, 0.15) is 45.1 Å². The van der Waals surface area contributed by atoms with Crippen LogP contribution in [0.3, 0.4) is 0 Å². The Labute approximate surface area is 162 Å². The summed E-state index contributed by atoms with van der Waals surface area (Å²) >= 11 is 0. The van der Waals surface area contributed by atoms with Crippen LogP contribution in [-0.4, -0.2) is 70.8 Å². The van der Waals surface area contributed by atoms with Gasteiger partial charge in [0.15, 0.2) is 0 Å². The Hall–Kier alpha value is -1.95. The molecule has 6 nitrogen and oxygen atoms in total. The number of carbonyl (C=O) groups is 2. The molecule has 1 aromatic heterocycles. The number of aromatic nitrogens is 1. The average molecular weight is 373 g/mol. The number of piperidine rings is 2. The van der Waals surface area contributed by atoms with E-state index < -0.39 is 0 Å². The second-order valence-corrected chi connectivity index (χ2v) is 8.54. The standard InChI is InChI=1S/C21H32N4O2/c1-17(2)23(3)14-20(27)24-11-5-8-21(15-24)9-7-19(26)25(16-21)13-18-6-4-10-22-12-18/h4,6,10,12,17H,5,7-9,11,13-16H2,1-3H3/t21-/m1/s1. The number of nitrogens with zero attached hydrogens (tertiary/aromatic N) is 4. The van der Waals surface area contributed by atoms with Gasteiger partial charge in [-0.2, -0.15) is 0 Å². The van der Waals surface area contributed by atoms with E-state index in [1.54, 1.807) is 6.20 Å². The summed E-state index contributed by atoms with van der Waals surface area (Å²) in [4.78, 5) is 35.5. The Morgan fingerprint density at radius 1 is 1.33 bits per heavy atom. The van der Waals surface area contributed by atoms with Crippen molar-refractivity contribution >= 4 is 11.8 Å². The smallest absolute Gasteiger partial charge is 0.236 e. The van der Waals surface area contributed by atoms with Crippen LogP contribution >= 0.6 is 0 Å². The fourth-order valence-corrected chi connectivity index (χ4v) is 4.21. The van der Waals surface area contributed by atoms with Gasteiger partial charge in [-0.05, 0) is 51.8 Å². The number of rotatable bonds is 5. The Morgan fingerprint density at radius 3 is 2.85 bits per heavy atom. The Kier molecular flexibility index (Phi) is 6.15. The minimum Gasteiger partial charge on any atom is -0.341 e. The second-order valence-electron chi connectivity index (χ2n) is 8.54. The topological polar surface area (TPSA) is 56.8 Å². The van der Waals surface area contributed by atoms with Gasteiger partial charge in [0.05, 0.1) is 6.54 Å². The van der Waals surface area contributed by atoms with Gasteiger partial charge >= 0.3 is 0 Å². The summed E-state index contributed by atoms with van der Waals surface area (Å²) in [7, 11) is 2.00. The summed E-state index contributed by atoms with van der Waals surface area (Å²) < 4.78 is 0. The number of likely N-dealkylation sites (tertiary alicyclic amines) is 2. The van der Waals surface area contributed by atoms with Gasteiger partial charge in [-0.1, -0.05) is 6.07 Å². The zero-order chi connectivity index (χ0) is 19.4. The highest BCUT2D eigenvalue weighted by molar-refractivity contribution is 5.79. The molecular weight excluding hydrogens is 340 g/mol. The normalized spacial score (nSPS) is 23.5. The maximum atomic E-state index is 12.8. The van der Waals surface area contributed by atoms with Crippen molar-refractivity contribution in [3.8, 4) is 0 Å². The third-order valence-corrected chi connectivity index (χ3v) is 6.12. The van der Waals surface area contributed by atoms with E-state index in [9.17, 15) is 9.59 Å². The Bertz CT molecular complexity index is 663. The van der Waals surface area contributed by atoms with E-state index in [1.807, 2.05) is 35.2 Å². The van der Waals surface area contributed by atoms with Crippen molar-refractivity contribution in [1.82, 2.24) is 19.7 Å². The molecule has 1 atom stereocenters. The molecule has 0 saturated carbocycles. The molecule has 148 valence electrons. The van der Waals surface area contributed by atoms with E-state index >= 15 is 0 Å². The van der Waals surface area contributed by atoms with Gasteiger partial charge in [0.25, 0.3) is 0 Å². The average Bonchev–Trinajstić information content (AvgIpc) is 2.66. The van der Waals surface area contributed by atoms with Crippen molar-refractivity contribution in [3.63, 3.8) is 0 Å². The summed E-state index contributed by atoms with van der Waals surface area (Å²) in [5.74, 6) is 0.424. The lowest BCUT2D eigenvalue weighted by Crippen LogP contribution is -2.56. The molecule has 2 aliphatic heterocycles. The number of hydrogen-bond acceptors (Lipinski definition) is 4. The van der Waals surface area contributed by atoms with Crippen LogP contribution in [0.25, 0.3) is 0 Å². The van der Waals surface area contributed by atoms with Crippen LogP contribution in [0.2, 0.25) is 0 Å². The maximum Gasteiger partial charge on any atom is 0.236 e. The van der Waals surface area contributed by atoms with E-state index in [1.165, 1.54) is 0 Å². The minimum absolute atomic E-state index is 0.0421. The Balaban J connectivity index is 1.65. The maximum absolute atomic E-state index is 12.8. The number of pyridine rings is 1. The molecule has 0 radical (unpaired) electrons. The molecule has 3 heterocycles. The molecule has 2 saturated heterocycles. The van der Waals surface area contributed by atoms with Crippen LogP contribution < -0.4 is 0 Å².